The van der Waals surface area contributed by atoms with Crippen LogP contribution in [-0.2, 0) is 16.6 Å². The molecule has 1 aromatic carbocycles. The molecular formula is C17H15Cl2F2N3O4S. The Balaban J connectivity index is 2.11. The maximum Gasteiger partial charge on any atom is 0.264 e. The summed E-state index contributed by atoms with van der Waals surface area (Å²) in [5.41, 5.74) is 0.116. The van der Waals surface area contributed by atoms with E-state index in [0.29, 0.717) is 10.5 Å². The van der Waals surface area contributed by atoms with E-state index >= 15 is 0 Å². The van der Waals surface area contributed by atoms with E-state index in [4.69, 9.17) is 27.9 Å². The SMILES string of the molecule is COc1nc(Cl)c(F)cc1NS(=O)(=O)c1cn(CC(O)CF)c2cc(Cl)ccc12. The maximum atomic E-state index is 13.8. The van der Waals surface area contributed by atoms with Gasteiger partial charge < -0.3 is 14.4 Å². The highest BCUT2D eigenvalue weighted by molar-refractivity contribution is 7.93. The highest BCUT2D eigenvalue weighted by Gasteiger charge is 2.24. The summed E-state index contributed by atoms with van der Waals surface area (Å²) >= 11 is 11.6. The van der Waals surface area contributed by atoms with Crippen molar-refractivity contribution < 1.29 is 27.0 Å². The predicted molar refractivity (Wildman–Crippen MR) is 105 cm³/mol. The second-order valence-corrected chi connectivity index (χ2v) is 8.48. The number of hydrogen-bond acceptors (Lipinski definition) is 5. The van der Waals surface area contributed by atoms with Crippen LogP contribution >= 0.6 is 23.2 Å². The van der Waals surface area contributed by atoms with Crippen molar-refractivity contribution in [3.8, 4) is 5.88 Å². The molecule has 1 atom stereocenters. The summed E-state index contributed by atoms with van der Waals surface area (Å²) in [6.45, 7) is -1.20. The Kier molecular flexibility index (Phi) is 6.18. The zero-order valence-corrected chi connectivity index (χ0v) is 17.2. The Morgan fingerprint density at radius 2 is 2.07 bits per heavy atom. The lowest BCUT2D eigenvalue weighted by Crippen LogP contribution is -2.17. The second kappa shape index (κ2) is 8.31. The van der Waals surface area contributed by atoms with Gasteiger partial charge in [0.25, 0.3) is 10.0 Å². The predicted octanol–water partition coefficient (Wildman–Crippen LogP) is 3.62. The van der Waals surface area contributed by atoms with Crippen LogP contribution in [0.15, 0.2) is 35.4 Å². The number of nitrogens with zero attached hydrogens (tertiary/aromatic N) is 2. The van der Waals surface area contributed by atoms with Crippen molar-refractivity contribution in [2.75, 3.05) is 18.5 Å². The quantitative estimate of drug-likeness (QED) is 0.519. The number of anilines is 1. The molecule has 2 N–H and O–H groups in total. The van der Waals surface area contributed by atoms with Crippen molar-refractivity contribution in [2.24, 2.45) is 0 Å². The molecule has 2 aromatic heterocycles. The van der Waals surface area contributed by atoms with Gasteiger partial charge in [-0.2, -0.15) is 4.98 Å². The number of hydrogen-bond donors (Lipinski definition) is 2. The van der Waals surface area contributed by atoms with Crippen LogP contribution in [0, 0.1) is 5.82 Å². The minimum absolute atomic E-state index is 0.187. The first-order valence-electron chi connectivity index (χ1n) is 8.11. The Labute approximate surface area is 174 Å². The van der Waals surface area contributed by atoms with Gasteiger partial charge in [-0.25, -0.2) is 17.2 Å². The van der Waals surface area contributed by atoms with E-state index in [1.165, 1.54) is 36.1 Å². The molecule has 156 valence electrons. The summed E-state index contributed by atoms with van der Waals surface area (Å²) in [5.74, 6) is -1.16. The molecule has 0 saturated heterocycles. The molecule has 0 saturated carbocycles. The average molecular weight is 466 g/mol. The summed E-state index contributed by atoms with van der Waals surface area (Å²) in [5, 5.41) is 9.76. The Hall–Kier alpha value is -2.14. The van der Waals surface area contributed by atoms with E-state index < -0.39 is 33.8 Å². The van der Waals surface area contributed by atoms with Crippen molar-refractivity contribution in [3.05, 3.63) is 46.5 Å². The van der Waals surface area contributed by atoms with Crippen LogP contribution in [-0.4, -0.2) is 43.0 Å². The number of alkyl halides is 1. The summed E-state index contributed by atoms with van der Waals surface area (Å²) in [6.07, 6.45) is -0.100. The topological polar surface area (TPSA) is 93.5 Å². The minimum Gasteiger partial charge on any atom is -0.479 e. The fourth-order valence-electron chi connectivity index (χ4n) is 2.75. The molecule has 0 bridgehead atoms. The lowest BCUT2D eigenvalue weighted by atomic mass is 10.2. The van der Waals surface area contributed by atoms with Gasteiger partial charge in [-0.1, -0.05) is 23.2 Å². The summed E-state index contributed by atoms with van der Waals surface area (Å²) in [4.78, 5) is 3.46. The largest absolute Gasteiger partial charge is 0.479 e. The van der Waals surface area contributed by atoms with E-state index in [0.717, 1.165) is 6.07 Å². The van der Waals surface area contributed by atoms with Crippen LogP contribution < -0.4 is 9.46 Å². The first-order valence-corrected chi connectivity index (χ1v) is 10.4. The van der Waals surface area contributed by atoms with E-state index in [1.54, 1.807) is 0 Å². The molecule has 12 heteroatoms. The number of sulfonamides is 1. The molecular weight excluding hydrogens is 451 g/mol. The first-order chi connectivity index (χ1) is 13.7. The van der Waals surface area contributed by atoms with Crippen molar-refractivity contribution in [3.63, 3.8) is 0 Å². The van der Waals surface area contributed by atoms with Crippen LogP contribution in [0.2, 0.25) is 10.2 Å². The fraction of sp³-hybridized carbons (Fsp3) is 0.235. The van der Waals surface area contributed by atoms with Crippen molar-refractivity contribution in [1.82, 2.24) is 9.55 Å². The third-order valence-corrected chi connectivity index (χ3v) is 5.91. The molecule has 0 spiro atoms. The second-order valence-electron chi connectivity index (χ2n) is 6.04. The number of aliphatic hydroxyl groups excluding tert-OH is 1. The highest BCUT2D eigenvalue weighted by atomic mass is 35.5. The summed E-state index contributed by atoms with van der Waals surface area (Å²) < 4.78 is 61.1. The number of aliphatic hydroxyl groups is 1. The van der Waals surface area contributed by atoms with Crippen LogP contribution in [0.3, 0.4) is 0 Å². The van der Waals surface area contributed by atoms with Gasteiger partial charge in [-0.05, 0) is 18.2 Å². The maximum absolute atomic E-state index is 13.8. The smallest absolute Gasteiger partial charge is 0.264 e. The van der Waals surface area contributed by atoms with E-state index in [9.17, 15) is 22.3 Å². The van der Waals surface area contributed by atoms with Gasteiger partial charge in [0.2, 0.25) is 5.88 Å². The number of halogens is 4. The van der Waals surface area contributed by atoms with Gasteiger partial charge in [-0.15, -0.1) is 0 Å². The summed E-state index contributed by atoms with van der Waals surface area (Å²) in [6, 6.07) is 5.30. The third-order valence-electron chi connectivity index (χ3n) is 4.02. The molecule has 0 aliphatic carbocycles. The highest BCUT2D eigenvalue weighted by Crippen LogP contribution is 2.32. The normalized spacial score (nSPS) is 12.9. The lowest BCUT2D eigenvalue weighted by Gasteiger charge is -2.11. The molecule has 3 aromatic rings. The van der Waals surface area contributed by atoms with Crippen molar-refractivity contribution in [2.45, 2.75) is 17.5 Å². The molecule has 0 aliphatic heterocycles. The Morgan fingerprint density at radius 1 is 1.34 bits per heavy atom. The Morgan fingerprint density at radius 3 is 2.72 bits per heavy atom. The summed E-state index contributed by atoms with van der Waals surface area (Å²) in [7, 11) is -3.03. The van der Waals surface area contributed by atoms with Gasteiger partial charge in [-0.3, -0.25) is 4.72 Å². The van der Waals surface area contributed by atoms with Crippen LogP contribution in [0.25, 0.3) is 10.9 Å². The molecule has 0 aliphatic rings. The molecule has 0 fully saturated rings. The fourth-order valence-corrected chi connectivity index (χ4v) is 4.32. The standard InChI is InChI=1S/C17H15Cl2F2N3O4S/c1-28-17-13(5-12(21)16(19)22-17)23-29(26,27)15-8-24(7-10(25)6-20)14-4-9(18)2-3-11(14)15/h2-5,8,10,23,25H,6-7H2,1H3. The monoisotopic (exact) mass is 465 g/mol. The molecule has 2 heterocycles. The number of benzene rings is 1. The van der Waals surface area contributed by atoms with E-state index in [2.05, 4.69) is 9.71 Å². The van der Waals surface area contributed by atoms with Gasteiger partial charge in [0.1, 0.15) is 23.4 Å². The van der Waals surface area contributed by atoms with Crippen molar-refractivity contribution >= 4 is 49.8 Å². The molecule has 7 nitrogen and oxygen atoms in total. The lowest BCUT2D eigenvalue weighted by molar-refractivity contribution is 0.123. The van der Waals surface area contributed by atoms with Crippen LogP contribution in [0.5, 0.6) is 5.88 Å². The molecule has 1 unspecified atom stereocenters. The molecule has 0 radical (unpaired) electrons. The van der Waals surface area contributed by atoms with Gasteiger partial charge in [0, 0.05) is 22.7 Å². The van der Waals surface area contributed by atoms with Gasteiger partial charge in [0.15, 0.2) is 11.0 Å². The first kappa shape index (κ1) is 21.6. The third kappa shape index (κ3) is 4.40. The molecule has 3 rings (SSSR count). The number of ether oxygens (including phenoxy) is 1. The van der Waals surface area contributed by atoms with Crippen LogP contribution in [0.1, 0.15) is 0 Å². The molecule has 0 amide bonds. The number of rotatable bonds is 7. The molecule has 29 heavy (non-hydrogen) atoms. The van der Waals surface area contributed by atoms with E-state index in [1.807, 2.05) is 0 Å². The number of methoxy groups -OCH3 is 1. The Bertz CT molecular complexity index is 1170. The van der Waals surface area contributed by atoms with Gasteiger partial charge in [0.05, 0.1) is 19.2 Å². The average Bonchev–Trinajstić information content (AvgIpc) is 3.02. The number of fused-ring (bicyclic) bond motifs is 1. The number of pyridine rings is 1. The zero-order valence-electron chi connectivity index (χ0n) is 14.9. The minimum atomic E-state index is -4.26. The number of nitrogens with one attached hydrogen (secondary N) is 1. The van der Waals surface area contributed by atoms with Crippen LogP contribution in [0.4, 0.5) is 14.5 Å². The zero-order chi connectivity index (χ0) is 21.3. The van der Waals surface area contributed by atoms with E-state index in [-0.39, 0.29) is 28.4 Å². The van der Waals surface area contributed by atoms with Crippen molar-refractivity contribution in [1.29, 1.82) is 0 Å². The number of aromatic nitrogens is 2. The van der Waals surface area contributed by atoms with Gasteiger partial charge >= 0.3 is 0 Å².